The van der Waals surface area contributed by atoms with E-state index in [2.05, 4.69) is 188 Å². The Bertz CT molecular complexity index is 3080. The first-order chi connectivity index (χ1) is 28.7. The maximum atomic E-state index is 12.3. The van der Waals surface area contributed by atoms with Crippen molar-refractivity contribution in [1.29, 1.82) is 0 Å². The number of aromatic hydroxyl groups is 1. The molecule has 0 saturated heterocycles. The number of pyridine rings is 1. The van der Waals surface area contributed by atoms with E-state index in [1.54, 1.807) is 0 Å². The van der Waals surface area contributed by atoms with Crippen molar-refractivity contribution < 1.29 is 9.52 Å². The van der Waals surface area contributed by atoms with Crippen LogP contribution < -0.4 is 0 Å². The van der Waals surface area contributed by atoms with Crippen LogP contribution in [-0.2, 0) is 10.8 Å². The molecule has 0 aliphatic rings. The van der Waals surface area contributed by atoms with Gasteiger partial charge in [-0.05, 0) is 89.8 Å². The van der Waals surface area contributed by atoms with Gasteiger partial charge in [-0.15, -0.1) is 0 Å². The number of furan rings is 1. The third-order valence-electron chi connectivity index (χ3n) is 11.9. The van der Waals surface area contributed by atoms with Crippen LogP contribution in [0.15, 0.2) is 144 Å². The van der Waals surface area contributed by atoms with Gasteiger partial charge >= 0.3 is 0 Å². The molecule has 5 heteroatoms. The van der Waals surface area contributed by atoms with E-state index in [-0.39, 0.29) is 16.6 Å². The molecule has 5 nitrogen and oxygen atoms in total. The van der Waals surface area contributed by atoms with Crippen LogP contribution in [-0.4, -0.2) is 19.6 Å². The summed E-state index contributed by atoms with van der Waals surface area (Å²) in [4.78, 5) is 10.6. The quantitative estimate of drug-likeness (QED) is 0.182. The fourth-order valence-electron chi connectivity index (χ4n) is 8.75. The van der Waals surface area contributed by atoms with E-state index < -0.39 is 0 Å². The second-order valence-corrected chi connectivity index (χ2v) is 18.2. The van der Waals surface area contributed by atoms with Gasteiger partial charge in [-0.2, -0.15) is 0 Å². The van der Waals surface area contributed by atoms with Gasteiger partial charge in [-0.3, -0.25) is 9.55 Å². The van der Waals surface area contributed by atoms with Crippen molar-refractivity contribution in [2.45, 2.75) is 73.1 Å². The van der Waals surface area contributed by atoms with E-state index in [4.69, 9.17) is 14.4 Å². The highest BCUT2D eigenvalue weighted by molar-refractivity contribution is 6.01. The molecule has 60 heavy (non-hydrogen) atoms. The van der Waals surface area contributed by atoms with Crippen molar-refractivity contribution >= 4 is 22.0 Å². The number of hydrogen-bond acceptors (Lipinski definition) is 4. The van der Waals surface area contributed by atoms with Crippen molar-refractivity contribution in [2.75, 3.05) is 0 Å². The first-order valence-electron chi connectivity index (χ1n) is 20.8. The third-order valence-corrected chi connectivity index (χ3v) is 11.9. The summed E-state index contributed by atoms with van der Waals surface area (Å²) in [6.07, 6.45) is 1.84. The topological polar surface area (TPSA) is 64.1 Å². The van der Waals surface area contributed by atoms with Gasteiger partial charge in [-0.25, -0.2) is 4.98 Å². The van der Waals surface area contributed by atoms with Crippen LogP contribution in [0.5, 0.6) is 5.75 Å². The number of imidazole rings is 1. The van der Waals surface area contributed by atoms with Gasteiger partial charge < -0.3 is 9.52 Å². The molecule has 0 aliphatic carbocycles. The number of aromatic nitrogens is 3. The van der Waals surface area contributed by atoms with E-state index in [1.165, 1.54) is 11.1 Å². The SMILES string of the molecule is Cc1cccc(C)c1-c1oc2ccnc(-c3cccc(-c4cccc5c4nc(-c4cc(C(C)(C)C)cc(C(C)(C)C)c4O)n5-c4ccccc4-c4ccccc4)c3)c2c1C. The van der Waals surface area contributed by atoms with Gasteiger partial charge in [0.1, 0.15) is 22.9 Å². The zero-order valence-electron chi connectivity index (χ0n) is 36.0. The molecule has 3 heterocycles. The Kier molecular flexibility index (Phi) is 9.39. The molecule has 0 atom stereocenters. The second kappa shape index (κ2) is 14.5. The first-order valence-corrected chi connectivity index (χ1v) is 20.8. The van der Waals surface area contributed by atoms with Crippen molar-refractivity contribution in [3.05, 3.63) is 167 Å². The molecular weight excluding hydrogens is 735 g/mol. The Labute approximate surface area is 353 Å². The lowest BCUT2D eigenvalue weighted by molar-refractivity contribution is 0.446. The van der Waals surface area contributed by atoms with Crippen molar-refractivity contribution in [3.8, 4) is 67.7 Å². The highest BCUT2D eigenvalue weighted by Crippen LogP contribution is 2.46. The summed E-state index contributed by atoms with van der Waals surface area (Å²) in [5, 5.41) is 13.4. The number of para-hydroxylation sites is 2. The highest BCUT2D eigenvalue weighted by atomic mass is 16.3. The largest absolute Gasteiger partial charge is 0.507 e. The standard InChI is InChI=1S/C55H51N3O2/c1-33-18-15-19-34(2)47(33)52-35(3)48-46(60-52)28-29-56-49(48)38-23-16-22-37(30-38)41-25-17-27-45-50(41)57-53(42-31-39(54(4,5)6)32-43(51(42)59)55(7,8)9)58(45)44-26-14-13-24-40(44)36-20-11-10-12-21-36/h10-32,59H,1-9H3. The molecule has 9 aromatic rings. The predicted molar refractivity (Wildman–Crippen MR) is 249 cm³/mol. The smallest absolute Gasteiger partial charge is 0.149 e. The summed E-state index contributed by atoms with van der Waals surface area (Å²) >= 11 is 0. The van der Waals surface area contributed by atoms with Crippen LogP contribution in [0.2, 0.25) is 0 Å². The number of hydrogen-bond donors (Lipinski definition) is 1. The molecule has 0 bridgehead atoms. The third kappa shape index (κ3) is 6.59. The van der Waals surface area contributed by atoms with Crippen molar-refractivity contribution in [2.24, 2.45) is 0 Å². The van der Waals surface area contributed by atoms with Gasteiger partial charge in [0.25, 0.3) is 0 Å². The van der Waals surface area contributed by atoms with Crippen LogP contribution in [0, 0.1) is 20.8 Å². The van der Waals surface area contributed by atoms with E-state index in [9.17, 15) is 5.11 Å². The Morgan fingerprint density at radius 3 is 1.98 bits per heavy atom. The first kappa shape index (κ1) is 38.8. The number of phenolic OH excluding ortho intramolecular Hbond substituents is 1. The molecule has 1 N–H and O–H groups in total. The Morgan fingerprint density at radius 1 is 0.600 bits per heavy atom. The summed E-state index contributed by atoms with van der Waals surface area (Å²) < 4.78 is 8.86. The number of benzene rings is 6. The normalized spacial score (nSPS) is 12.2. The lowest BCUT2D eigenvalue weighted by Gasteiger charge is -2.27. The molecule has 0 amide bonds. The van der Waals surface area contributed by atoms with Crippen LogP contribution in [0.1, 0.15) is 69.4 Å². The number of phenols is 1. The van der Waals surface area contributed by atoms with Crippen LogP contribution in [0.3, 0.4) is 0 Å². The second-order valence-electron chi connectivity index (χ2n) is 18.2. The molecule has 0 unspecified atom stereocenters. The Balaban J connectivity index is 1.30. The minimum Gasteiger partial charge on any atom is -0.507 e. The van der Waals surface area contributed by atoms with Crippen LogP contribution >= 0.6 is 0 Å². The molecule has 298 valence electrons. The lowest BCUT2D eigenvalue weighted by atomic mass is 9.79. The average Bonchev–Trinajstić information content (AvgIpc) is 3.78. The molecule has 0 saturated carbocycles. The fourth-order valence-corrected chi connectivity index (χ4v) is 8.75. The van der Waals surface area contributed by atoms with Gasteiger partial charge in [0.2, 0.25) is 0 Å². The number of aryl methyl sites for hydroxylation is 3. The minimum atomic E-state index is -0.311. The van der Waals surface area contributed by atoms with Gasteiger partial charge in [0.15, 0.2) is 0 Å². The molecule has 0 spiro atoms. The zero-order valence-corrected chi connectivity index (χ0v) is 36.0. The van der Waals surface area contributed by atoms with E-state index >= 15 is 0 Å². The maximum absolute atomic E-state index is 12.3. The maximum Gasteiger partial charge on any atom is 0.149 e. The molecule has 3 aromatic heterocycles. The lowest BCUT2D eigenvalue weighted by Crippen LogP contribution is -2.17. The minimum absolute atomic E-state index is 0.170. The van der Waals surface area contributed by atoms with E-state index in [1.807, 2.05) is 18.3 Å². The Morgan fingerprint density at radius 2 is 1.25 bits per heavy atom. The average molecular weight is 786 g/mol. The summed E-state index contributed by atoms with van der Waals surface area (Å²) in [6.45, 7) is 19.5. The molecule has 0 radical (unpaired) electrons. The number of rotatable bonds is 6. The predicted octanol–water partition coefficient (Wildman–Crippen LogP) is 14.7. The van der Waals surface area contributed by atoms with Crippen molar-refractivity contribution in [3.63, 3.8) is 0 Å². The zero-order chi connectivity index (χ0) is 42.1. The van der Waals surface area contributed by atoms with Gasteiger partial charge in [0.05, 0.1) is 33.4 Å². The molecule has 0 fully saturated rings. The van der Waals surface area contributed by atoms with Crippen LogP contribution in [0.4, 0.5) is 0 Å². The van der Waals surface area contributed by atoms with E-state index in [0.717, 1.165) is 89.2 Å². The van der Waals surface area contributed by atoms with Crippen LogP contribution in [0.25, 0.3) is 83.9 Å². The summed E-state index contributed by atoms with van der Waals surface area (Å²) in [6, 6.07) is 46.6. The Hall–Kier alpha value is -6.72. The monoisotopic (exact) mass is 785 g/mol. The van der Waals surface area contributed by atoms with Gasteiger partial charge in [0, 0.05) is 39.6 Å². The molecule has 9 rings (SSSR count). The molecule has 6 aromatic carbocycles. The summed E-state index contributed by atoms with van der Waals surface area (Å²) in [7, 11) is 0. The highest BCUT2D eigenvalue weighted by Gasteiger charge is 2.29. The number of fused-ring (bicyclic) bond motifs is 2. The summed E-state index contributed by atoms with van der Waals surface area (Å²) in [5.41, 5.74) is 16.5. The molecular formula is C55H51N3O2. The number of nitrogens with zero attached hydrogens (tertiary/aromatic N) is 3. The summed E-state index contributed by atoms with van der Waals surface area (Å²) in [5.74, 6) is 1.83. The van der Waals surface area contributed by atoms with Gasteiger partial charge in [-0.1, -0.05) is 145 Å². The fraction of sp³-hybridized carbons (Fsp3) is 0.200. The molecule has 0 aliphatic heterocycles. The van der Waals surface area contributed by atoms with Crippen molar-refractivity contribution in [1.82, 2.24) is 14.5 Å². The van der Waals surface area contributed by atoms with E-state index in [0.29, 0.717) is 11.4 Å².